The number of nitrogens with two attached hydrogens (primary N) is 2. The van der Waals surface area contributed by atoms with Crippen LogP contribution in [0.2, 0.25) is 0 Å². The highest BCUT2D eigenvalue weighted by molar-refractivity contribution is 7.90. The standard InChI is InChI=1S/C23H36N4O5S/c1-4-18(5-2)32-21-15-19(14-20(27-23(24)25)22(21)26-16(3)28)33(29,30)31-13-9-12-17-10-7-6-8-11-17/h6-8,10-11,15,18,20-22H,4-5,9,12-14H2,1-3H3,(H,26,28)(H4,24,25,27)/t20-,21+,22+/m0/s1. The number of carbonyl (C=O) groups excluding carboxylic acids is 1. The lowest BCUT2D eigenvalue weighted by Gasteiger charge is -2.36. The quantitative estimate of drug-likeness (QED) is 0.179. The molecular weight excluding hydrogens is 444 g/mol. The van der Waals surface area contributed by atoms with Crippen molar-refractivity contribution in [3.63, 3.8) is 0 Å². The van der Waals surface area contributed by atoms with E-state index in [1.807, 2.05) is 44.2 Å². The molecule has 1 aromatic carbocycles. The number of rotatable bonds is 12. The van der Waals surface area contributed by atoms with Gasteiger partial charge in [0.25, 0.3) is 10.1 Å². The molecule has 0 heterocycles. The monoisotopic (exact) mass is 480 g/mol. The molecule has 1 aliphatic rings. The summed E-state index contributed by atoms with van der Waals surface area (Å²) in [6.07, 6.45) is 3.40. The van der Waals surface area contributed by atoms with Crippen molar-refractivity contribution in [1.29, 1.82) is 0 Å². The second kappa shape index (κ2) is 12.7. The van der Waals surface area contributed by atoms with E-state index in [2.05, 4.69) is 10.3 Å². The number of guanidine groups is 1. The molecule has 1 aromatic rings. The lowest BCUT2D eigenvalue weighted by Crippen LogP contribution is -2.54. The Morgan fingerprint density at radius 3 is 2.45 bits per heavy atom. The van der Waals surface area contributed by atoms with Crippen LogP contribution in [-0.2, 0) is 30.3 Å². The van der Waals surface area contributed by atoms with E-state index in [9.17, 15) is 13.2 Å². The van der Waals surface area contributed by atoms with Gasteiger partial charge in [-0.3, -0.25) is 8.98 Å². The van der Waals surface area contributed by atoms with Crippen LogP contribution in [0.3, 0.4) is 0 Å². The molecular formula is C23H36N4O5S. The molecule has 1 aliphatic carbocycles. The first-order valence-electron chi connectivity index (χ1n) is 11.3. The van der Waals surface area contributed by atoms with Crippen LogP contribution < -0.4 is 16.8 Å². The van der Waals surface area contributed by atoms with Crippen molar-refractivity contribution in [2.45, 2.75) is 77.2 Å². The Hall–Kier alpha value is -2.43. The van der Waals surface area contributed by atoms with Gasteiger partial charge < -0.3 is 21.5 Å². The van der Waals surface area contributed by atoms with Crippen LogP contribution in [0.1, 0.15) is 52.0 Å². The number of nitrogens with zero attached hydrogens (tertiary/aromatic N) is 1. The van der Waals surface area contributed by atoms with Crippen molar-refractivity contribution in [2.75, 3.05) is 6.61 Å². The summed E-state index contributed by atoms with van der Waals surface area (Å²) >= 11 is 0. The van der Waals surface area contributed by atoms with Gasteiger partial charge in [-0.15, -0.1) is 0 Å². The molecule has 9 nitrogen and oxygen atoms in total. The summed E-state index contributed by atoms with van der Waals surface area (Å²) in [6.45, 7) is 5.39. The number of hydrogen-bond donors (Lipinski definition) is 3. The van der Waals surface area contributed by atoms with E-state index in [1.54, 1.807) is 0 Å². The van der Waals surface area contributed by atoms with Crippen molar-refractivity contribution in [2.24, 2.45) is 16.5 Å². The molecule has 2 rings (SSSR count). The predicted molar refractivity (Wildman–Crippen MR) is 129 cm³/mol. The largest absolute Gasteiger partial charge is 0.370 e. The fourth-order valence-corrected chi connectivity index (χ4v) is 4.98. The zero-order chi connectivity index (χ0) is 24.4. The average Bonchev–Trinajstić information content (AvgIpc) is 2.76. The molecule has 5 N–H and O–H groups in total. The van der Waals surface area contributed by atoms with Gasteiger partial charge in [-0.25, -0.2) is 4.99 Å². The predicted octanol–water partition coefficient (Wildman–Crippen LogP) is 1.97. The smallest absolute Gasteiger partial charge is 0.292 e. The Morgan fingerprint density at radius 1 is 1.21 bits per heavy atom. The molecule has 10 heteroatoms. The normalized spacial score (nSPS) is 20.8. The number of aliphatic imine (C=N–C) groups is 1. The first-order valence-corrected chi connectivity index (χ1v) is 12.7. The molecule has 0 unspecified atom stereocenters. The third kappa shape index (κ3) is 8.45. The van der Waals surface area contributed by atoms with E-state index in [0.717, 1.165) is 18.4 Å². The average molecular weight is 481 g/mol. The fourth-order valence-electron chi connectivity index (χ4n) is 3.82. The van der Waals surface area contributed by atoms with Crippen LogP contribution >= 0.6 is 0 Å². The highest BCUT2D eigenvalue weighted by Crippen LogP contribution is 2.30. The van der Waals surface area contributed by atoms with E-state index >= 15 is 0 Å². The number of ether oxygens (including phenoxy) is 1. The molecule has 0 saturated carbocycles. The van der Waals surface area contributed by atoms with Crippen molar-refractivity contribution in [1.82, 2.24) is 5.32 Å². The molecule has 0 spiro atoms. The molecule has 0 fully saturated rings. The van der Waals surface area contributed by atoms with Crippen LogP contribution in [0.4, 0.5) is 0 Å². The zero-order valence-corrected chi connectivity index (χ0v) is 20.4. The first-order chi connectivity index (χ1) is 15.7. The summed E-state index contributed by atoms with van der Waals surface area (Å²) < 4.78 is 37.4. The summed E-state index contributed by atoms with van der Waals surface area (Å²) in [5.74, 6) is -0.482. The summed E-state index contributed by atoms with van der Waals surface area (Å²) in [5.41, 5.74) is 12.3. The van der Waals surface area contributed by atoms with Crippen LogP contribution in [0.25, 0.3) is 0 Å². The number of nitrogens with one attached hydrogen (secondary N) is 1. The molecule has 1 amide bonds. The Labute approximate surface area is 196 Å². The van der Waals surface area contributed by atoms with Crippen LogP contribution in [-0.4, -0.2) is 51.2 Å². The van der Waals surface area contributed by atoms with E-state index in [-0.39, 0.29) is 35.9 Å². The van der Waals surface area contributed by atoms with Crippen molar-refractivity contribution < 1.29 is 22.1 Å². The minimum absolute atomic E-state index is 0.00730. The first kappa shape index (κ1) is 26.8. The molecule has 0 saturated heterocycles. The number of carbonyl (C=O) groups is 1. The Kier molecular flexibility index (Phi) is 10.3. The molecule has 3 atom stereocenters. The highest BCUT2D eigenvalue weighted by Gasteiger charge is 2.39. The molecule has 33 heavy (non-hydrogen) atoms. The second-order valence-electron chi connectivity index (χ2n) is 8.09. The van der Waals surface area contributed by atoms with Crippen molar-refractivity contribution in [3.05, 3.63) is 46.9 Å². The maximum atomic E-state index is 13.0. The summed E-state index contributed by atoms with van der Waals surface area (Å²) in [5, 5.41) is 2.82. The third-order valence-corrected chi connectivity index (χ3v) is 6.91. The minimum atomic E-state index is -4.02. The molecule has 0 aliphatic heterocycles. The van der Waals surface area contributed by atoms with Gasteiger partial charge in [-0.1, -0.05) is 44.2 Å². The van der Waals surface area contributed by atoms with Gasteiger partial charge in [0.1, 0.15) is 0 Å². The second-order valence-corrected chi connectivity index (χ2v) is 9.76. The van der Waals surface area contributed by atoms with Crippen molar-refractivity contribution >= 4 is 22.0 Å². The van der Waals surface area contributed by atoms with Crippen molar-refractivity contribution in [3.8, 4) is 0 Å². The fraction of sp³-hybridized carbons (Fsp3) is 0.565. The van der Waals surface area contributed by atoms with E-state index in [0.29, 0.717) is 12.8 Å². The van der Waals surface area contributed by atoms with Crippen LogP contribution in [0.15, 0.2) is 46.3 Å². The number of amides is 1. The topological polar surface area (TPSA) is 146 Å². The lowest BCUT2D eigenvalue weighted by molar-refractivity contribution is -0.121. The van der Waals surface area contributed by atoms with E-state index in [1.165, 1.54) is 13.0 Å². The van der Waals surface area contributed by atoms with Crippen LogP contribution in [0, 0.1) is 0 Å². The number of benzene rings is 1. The number of hydrogen-bond acceptors (Lipinski definition) is 6. The SMILES string of the molecule is CCC(CC)O[C@@H]1C=C(S(=O)(=O)OCCCc2ccccc2)C[C@H](N=C(N)N)[C@H]1NC(C)=O. The minimum Gasteiger partial charge on any atom is -0.370 e. The van der Waals surface area contributed by atoms with Gasteiger partial charge in [0, 0.05) is 13.3 Å². The Bertz CT molecular complexity index is 925. The molecule has 0 aromatic heterocycles. The lowest BCUT2D eigenvalue weighted by atomic mass is 9.93. The van der Waals surface area contributed by atoms with Gasteiger partial charge in [0.15, 0.2) is 5.96 Å². The van der Waals surface area contributed by atoms with Gasteiger partial charge in [0.2, 0.25) is 5.91 Å². The van der Waals surface area contributed by atoms with Gasteiger partial charge in [0.05, 0.1) is 35.8 Å². The van der Waals surface area contributed by atoms with Gasteiger partial charge in [-0.2, -0.15) is 8.42 Å². The van der Waals surface area contributed by atoms with Gasteiger partial charge in [-0.05, 0) is 37.3 Å². The molecule has 0 radical (unpaired) electrons. The highest BCUT2D eigenvalue weighted by atomic mass is 32.2. The summed E-state index contributed by atoms with van der Waals surface area (Å²) in [6, 6.07) is 8.47. The number of aryl methyl sites for hydroxylation is 1. The third-order valence-electron chi connectivity index (χ3n) is 5.49. The Morgan fingerprint density at radius 2 is 1.88 bits per heavy atom. The van der Waals surface area contributed by atoms with Crippen LogP contribution in [0.5, 0.6) is 0 Å². The Balaban J connectivity index is 2.22. The molecule has 0 bridgehead atoms. The maximum Gasteiger partial charge on any atom is 0.292 e. The summed E-state index contributed by atoms with van der Waals surface area (Å²) in [7, 11) is -4.02. The van der Waals surface area contributed by atoms with E-state index in [4.69, 9.17) is 20.4 Å². The summed E-state index contributed by atoms with van der Waals surface area (Å²) in [4.78, 5) is 16.1. The zero-order valence-electron chi connectivity index (χ0n) is 19.6. The van der Waals surface area contributed by atoms with E-state index < -0.39 is 28.3 Å². The van der Waals surface area contributed by atoms with Gasteiger partial charge >= 0.3 is 0 Å². The molecule has 184 valence electrons. The maximum absolute atomic E-state index is 13.0.